The number of benzene rings is 1. The summed E-state index contributed by atoms with van der Waals surface area (Å²) in [7, 11) is 2.97. The summed E-state index contributed by atoms with van der Waals surface area (Å²) >= 11 is 0. The average Bonchev–Trinajstić information content (AvgIpc) is 2.71. The number of carboxylic acid groups (broad SMARTS) is 1. The van der Waals surface area contributed by atoms with E-state index in [0.29, 0.717) is 11.1 Å². The van der Waals surface area contributed by atoms with Crippen LogP contribution in [-0.4, -0.2) is 28.0 Å². The lowest BCUT2D eigenvalue weighted by Crippen LogP contribution is -2.00. The fourth-order valence-electron chi connectivity index (χ4n) is 1.69. The fourth-order valence-corrected chi connectivity index (χ4v) is 1.69. The Hall–Kier alpha value is -2.37. The van der Waals surface area contributed by atoms with Crippen LogP contribution < -0.4 is 4.74 Å². The first kappa shape index (κ1) is 12.1. The van der Waals surface area contributed by atoms with Gasteiger partial charge in [-0.25, -0.2) is 9.18 Å². The minimum absolute atomic E-state index is 0.109. The summed E-state index contributed by atoms with van der Waals surface area (Å²) < 4.78 is 19.8. The molecule has 0 saturated carbocycles. The van der Waals surface area contributed by atoms with Crippen LogP contribution in [0.15, 0.2) is 24.4 Å². The summed E-state index contributed by atoms with van der Waals surface area (Å²) in [5, 5.41) is 12.8. The quantitative estimate of drug-likeness (QED) is 0.904. The lowest BCUT2D eigenvalue weighted by Gasteiger charge is -2.04. The van der Waals surface area contributed by atoms with Crippen LogP contribution in [0.25, 0.3) is 11.1 Å². The molecule has 0 bridgehead atoms. The molecule has 0 aliphatic carbocycles. The van der Waals surface area contributed by atoms with Gasteiger partial charge >= 0.3 is 5.97 Å². The highest BCUT2D eigenvalue weighted by molar-refractivity contribution is 5.93. The number of rotatable bonds is 3. The second-order valence-electron chi connectivity index (χ2n) is 3.72. The van der Waals surface area contributed by atoms with Crippen LogP contribution in [-0.2, 0) is 7.05 Å². The molecule has 2 rings (SSSR count). The van der Waals surface area contributed by atoms with Crippen LogP contribution in [0.1, 0.15) is 10.5 Å². The van der Waals surface area contributed by atoms with Crippen molar-refractivity contribution in [2.24, 2.45) is 7.05 Å². The Balaban J connectivity index is 2.55. The summed E-state index contributed by atoms with van der Waals surface area (Å²) in [6, 6.07) is 4.26. The Bertz CT molecular complexity index is 607. The first-order valence-electron chi connectivity index (χ1n) is 5.13. The van der Waals surface area contributed by atoms with Gasteiger partial charge in [0.25, 0.3) is 0 Å². The molecule has 0 atom stereocenters. The molecule has 0 unspecified atom stereocenters. The largest absolute Gasteiger partial charge is 0.494 e. The molecule has 2 aromatic rings. The maximum Gasteiger partial charge on any atom is 0.357 e. The lowest BCUT2D eigenvalue weighted by atomic mass is 10.1. The highest BCUT2D eigenvalue weighted by Crippen LogP contribution is 2.27. The predicted molar refractivity (Wildman–Crippen MR) is 62.1 cm³/mol. The molecule has 5 nitrogen and oxygen atoms in total. The second kappa shape index (κ2) is 4.48. The molecule has 0 spiro atoms. The molecule has 0 amide bonds. The van der Waals surface area contributed by atoms with Gasteiger partial charge in [0.1, 0.15) is 0 Å². The highest BCUT2D eigenvalue weighted by Gasteiger charge is 2.17. The minimum atomic E-state index is -1.15. The Kier molecular flexibility index (Phi) is 3.01. The number of methoxy groups -OCH3 is 1. The molecule has 1 aromatic carbocycles. The maximum absolute atomic E-state index is 13.6. The second-order valence-corrected chi connectivity index (χ2v) is 3.72. The minimum Gasteiger partial charge on any atom is -0.494 e. The van der Waals surface area contributed by atoms with Crippen molar-refractivity contribution in [2.45, 2.75) is 0 Å². The van der Waals surface area contributed by atoms with Gasteiger partial charge in [-0.3, -0.25) is 4.68 Å². The average molecular weight is 250 g/mol. The van der Waals surface area contributed by atoms with Gasteiger partial charge in [-0.05, 0) is 17.7 Å². The third-order valence-electron chi connectivity index (χ3n) is 2.49. The first-order chi connectivity index (χ1) is 8.52. The zero-order chi connectivity index (χ0) is 13.3. The zero-order valence-electron chi connectivity index (χ0n) is 9.85. The van der Waals surface area contributed by atoms with Gasteiger partial charge in [-0.1, -0.05) is 6.07 Å². The SMILES string of the molecule is COc1ccc(-c2cn(C)nc2C(=O)O)cc1F. The van der Waals surface area contributed by atoms with Crippen molar-refractivity contribution >= 4 is 5.97 Å². The van der Waals surface area contributed by atoms with E-state index < -0.39 is 11.8 Å². The Morgan fingerprint density at radius 3 is 2.78 bits per heavy atom. The molecule has 94 valence electrons. The molecule has 0 fully saturated rings. The summed E-state index contributed by atoms with van der Waals surface area (Å²) in [5.41, 5.74) is 0.701. The third-order valence-corrected chi connectivity index (χ3v) is 2.49. The molecule has 6 heteroatoms. The molecule has 1 N–H and O–H groups in total. The Morgan fingerprint density at radius 1 is 1.50 bits per heavy atom. The van der Waals surface area contributed by atoms with Crippen molar-refractivity contribution in [1.29, 1.82) is 0 Å². The van der Waals surface area contributed by atoms with E-state index in [1.165, 1.54) is 30.1 Å². The van der Waals surface area contributed by atoms with Gasteiger partial charge in [-0.2, -0.15) is 5.10 Å². The Labute approximate surface area is 102 Å². The molecular formula is C12H11FN2O3. The third kappa shape index (κ3) is 2.04. The summed E-state index contributed by atoms with van der Waals surface area (Å²) in [5.74, 6) is -1.59. The van der Waals surface area contributed by atoms with Crippen molar-refractivity contribution in [1.82, 2.24) is 9.78 Å². The number of aromatic nitrogens is 2. The van der Waals surface area contributed by atoms with Crippen LogP contribution in [0.4, 0.5) is 4.39 Å². The van der Waals surface area contributed by atoms with E-state index in [-0.39, 0.29) is 11.4 Å². The topological polar surface area (TPSA) is 64.4 Å². The standard InChI is InChI=1S/C12H11FN2O3/c1-15-6-8(11(14-15)12(16)17)7-3-4-10(18-2)9(13)5-7/h3-6H,1-2H3,(H,16,17). The zero-order valence-corrected chi connectivity index (χ0v) is 9.85. The van der Waals surface area contributed by atoms with Gasteiger partial charge in [0.15, 0.2) is 17.3 Å². The molecular weight excluding hydrogens is 239 g/mol. The number of aromatic carboxylic acids is 1. The van der Waals surface area contributed by atoms with E-state index >= 15 is 0 Å². The van der Waals surface area contributed by atoms with Gasteiger partial charge in [-0.15, -0.1) is 0 Å². The van der Waals surface area contributed by atoms with E-state index in [1.807, 2.05) is 0 Å². The smallest absolute Gasteiger partial charge is 0.357 e. The highest BCUT2D eigenvalue weighted by atomic mass is 19.1. The van der Waals surface area contributed by atoms with Crippen molar-refractivity contribution < 1.29 is 19.0 Å². The molecule has 0 aliphatic rings. The van der Waals surface area contributed by atoms with Crippen molar-refractivity contribution in [3.63, 3.8) is 0 Å². The molecule has 1 heterocycles. The first-order valence-corrected chi connectivity index (χ1v) is 5.13. The fraction of sp³-hybridized carbons (Fsp3) is 0.167. The number of carbonyl (C=O) groups is 1. The van der Waals surface area contributed by atoms with Crippen LogP contribution >= 0.6 is 0 Å². The van der Waals surface area contributed by atoms with Crippen molar-refractivity contribution in [3.05, 3.63) is 35.9 Å². The number of hydrogen-bond donors (Lipinski definition) is 1. The van der Waals surface area contributed by atoms with E-state index in [1.54, 1.807) is 13.1 Å². The van der Waals surface area contributed by atoms with E-state index in [4.69, 9.17) is 9.84 Å². The van der Waals surface area contributed by atoms with Crippen molar-refractivity contribution in [3.8, 4) is 16.9 Å². The van der Waals surface area contributed by atoms with Crippen molar-refractivity contribution in [2.75, 3.05) is 7.11 Å². The van der Waals surface area contributed by atoms with Crippen LogP contribution in [0.3, 0.4) is 0 Å². The van der Waals surface area contributed by atoms with E-state index in [9.17, 15) is 9.18 Å². The number of carboxylic acids is 1. The molecule has 1 aromatic heterocycles. The molecule has 0 saturated heterocycles. The monoisotopic (exact) mass is 250 g/mol. The number of halogens is 1. The molecule has 0 radical (unpaired) electrons. The predicted octanol–water partition coefficient (Wildman–Crippen LogP) is 1.93. The number of aryl methyl sites for hydroxylation is 1. The maximum atomic E-state index is 13.6. The summed E-state index contributed by atoms with van der Waals surface area (Å²) in [4.78, 5) is 11.0. The van der Waals surface area contributed by atoms with Crippen LogP contribution in [0.5, 0.6) is 5.75 Å². The van der Waals surface area contributed by atoms with Crippen LogP contribution in [0, 0.1) is 5.82 Å². The van der Waals surface area contributed by atoms with Gasteiger partial charge < -0.3 is 9.84 Å². The number of ether oxygens (including phenoxy) is 1. The lowest BCUT2D eigenvalue weighted by molar-refractivity contribution is 0.0690. The number of hydrogen-bond acceptors (Lipinski definition) is 3. The van der Waals surface area contributed by atoms with Crippen LogP contribution in [0.2, 0.25) is 0 Å². The van der Waals surface area contributed by atoms with Gasteiger partial charge in [0, 0.05) is 18.8 Å². The van der Waals surface area contributed by atoms with Gasteiger partial charge in [0.05, 0.1) is 7.11 Å². The normalized spacial score (nSPS) is 10.4. The molecule has 0 aliphatic heterocycles. The van der Waals surface area contributed by atoms with Gasteiger partial charge in [0.2, 0.25) is 0 Å². The van der Waals surface area contributed by atoms with E-state index in [0.717, 1.165) is 0 Å². The van der Waals surface area contributed by atoms with E-state index in [2.05, 4.69) is 5.10 Å². The summed E-state index contributed by atoms with van der Waals surface area (Å²) in [6.45, 7) is 0. The number of nitrogens with zero attached hydrogens (tertiary/aromatic N) is 2. The molecule has 18 heavy (non-hydrogen) atoms. The Morgan fingerprint density at radius 2 is 2.22 bits per heavy atom. The summed E-state index contributed by atoms with van der Waals surface area (Å²) in [6.07, 6.45) is 1.53.